The lowest BCUT2D eigenvalue weighted by molar-refractivity contribution is -0.112. The Labute approximate surface area is 139 Å². The van der Waals surface area contributed by atoms with Gasteiger partial charge in [-0.3, -0.25) is 4.79 Å². The van der Waals surface area contributed by atoms with E-state index in [2.05, 4.69) is 40.1 Å². The van der Waals surface area contributed by atoms with Gasteiger partial charge in [0.25, 0.3) is 5.91 Å². The number of carbonyl (C=O) groups is 1. The highest BCUT2D eigenvalue weighted by Crippen LogP contribution is 2.18. The highest BCUT2D eigenvalue weighted by atomic mass is 127. The Morgan fingerprint density at radius 2 is 2.19 bits per heavy atom. The molecule has 1 amide bonds. The Morgan fingerprint density at radius 1 is 1.43 bits per heavy atom. The molecule has 1 aromatic carbocycles. The number of nitrogens with one attached hydrogen (secondary N) is 2. The molecule has 0 aliphatic heterocycles. The monoisotopic (exact) mass is 397 g/mol. The molecule has 5 heteroatoms. The number of halogens is 1. The summed E-state index contributed by atoms with van der Waals surface area (Å²) in [7, 11) is 0. The van der Waals surface area contributed by atoms with Crippen molar-refractivity contribution in [2.45, 2.75) is 33.1 Å². The first-order valence-corrected chi connectivity index (χ1v) is 8.07. The van der Waals surface area contributed by atoms with Crippen LogP contribution in [0.25, 0.3) is 0 Å². The number of nitriles is 1. The molecule has 1 aromatic rings. The van der Waals surface area contributed by atoms with Crippen LogP contribution in [-0.2, 0) is 4.79 Å². The van der Waals surface area contributed by atoms with Gasteiger partial charge in [-0.25, -0.2) is 0 Å². The van der Waals surface area contributed by atoms with Crippen molar-refractivity contribution in [3.8, 4) is 6.07 Å². The van der Waals surface area contributed by atoms with Crippen LogP contribution in [0.5, 0.6) is 0 Å². The summed E-state index contributed by atoms with van der Waals surface area (Å²) in [5, 5.41) is 14.9. The molecule has 0 radical (unpaired) electrons. The Bertz CT molecular complexity index is 561. The van der Waals surface area contributed by atoms with Crippen molar-refractivity contribution < 1.29 is 4.79 Å². The number of anilines is 1. The van der Waals surface area contributed by atoms with Gasteiger partial charge >= 0.3 is 0 Å². The van der Waals surface area contributed by atoms with Gasteiger partial charge in [-0.1, -0.05) is 19.8 Å². The third-order valence-corrected chi connectivity index (χ3v) is 3.64. The van der Waals surface area contributed by atoms with Crippen molar-refractivity contribution >= 4 is 34.2 Å². The zero-order chi connectivity index (χ0) is 15.7. The molecule has 0 aliphatic carbocycles. The number of hydrogen-bond acceptors (Lipinski definition) is 3. The second kappa shape index (κ2) is 9.40. The molecule has 0 aromatic heterocycles. The van der Waals surface area contributed by atoms with Crippen LogP contribution in [0.2, 0.25) is 0 Å². The number of nitrogens with zero attached hydrogens (tertiary/aromatic N) is 1. The van der Waals surface area contributed by atoms with Crippen molar-refractivity contribution in [1.82, 2.24) is 5.32 Å². The number of amides is 1. The van der Waals surface area contributed by atoms with Crippen LogP contribution in [0, 0.1) is 21.8 Å². The number of unbranched alkanes of at least 4 members (excludes halogenated alkanes) is 2. The molecule has 0 atom stereocenters. The molecule has 1 rings (SSSR count). The summed E-state index contributed by atoms with van der Waals surface area (Å²) >= 11 is 2.22. The summed E-state index contributed by atoms with van der Waals surface area (Å²) in [6.07, 6.45) is 4.80. The van der Waals surface area contributed by atoms with Gasteiger partial charge in [-0.15, -0.1) is 0 Å². The first kappa shape index (κ1) is 17.5. The Balaban J connectivity index is 2.63. The van der Waals surface area contributed by atoms with E-state index in [9.17, 15) is 4.79 Å². The van der Waals surface area contributed by atoms with Crippen LogP contribution in [-0.4, -0.2) is 12.5 Å². The van der Waals surface area contributed by atoms with Crippen molar-refractivity contribution in [3.05, 3.63) is 39.1 Å². The fraction of sp³-hybridized carbons (Fsp3) is 0.375. The maximum Gasteiger partial charge on any atom is 0.267 e. The molecule has 0 saturated carbocycles. The van der Waals surface area contributed by atoms with Crippen LogP contribution in [0.4, 0.5) is 5.69 Å². The first-order chi connectivity index (χ1) is 10.1. The number of aryl methyl sites for hydroxylation is 1. The van der Waals surface area contributed by atoms with Gasteiger partial charge in [0, 0.05) is 22.0 Å². The molecule has 0 saturated heterocycles. The average Bonchev–Trinajstić information content (AvgIpc) is 2.45. The Kier molecular flexibility index (Phi) is 7.83. The van der Waals surface area contributed by atoms with Gasteiger partial charge in [0.15, 0.2) is 0 Å². The molecule has 0 fully saturated rings. The van der Waals surface area contributed by atoms with Crippen LogP contribution >= 0.6 is 22.6 Å². The molecule has 0 spiro atoms. The van der Waals surface area contributed by atoms with E-state index in [0.717, 1.165) is 40.6 Å². The van der Waals surface area contributed by atoms with Gasteiger partial charge in [0.1, 0.15) is 11.6 Å². The topological polar surface area (TPSA) is 64.9 Å². The summed E-state index contributed by atoms with van der Waals surface area (Å²) in [6.45, 7) is 4.83. The summed E-state index contributed by atoms with van der Waals surface area (Å²) in [5.41, 5.74) is 1.79. The predicted molar refractivity (Wildman–Crippen MR) is 93.7 cm³/mol. The fourth-order valence-electron chi connectivity index (χ4n) is 1.76. The van der Waals surface area contributed by atoms with Gasteiger partial charge in [-0.2, -0.15) is 5.26 Å². The van der Waals surface area contributed by atoms with Crippen molar-refractivity contribution in [1.29, 1.82) is 5.26 Å². The zero-order valence-corrected chi connectivity index (χ0v) is 14.5. The van der Waals surface area contributed by atoms with Gasteiger partial charge in [-0.05, 0) is 59.7 Å². The highest BCUT2D eigenvalue weighted by Gasteiger charge is 2.10. The van der Waals surface area contributed by atoms with E-state index < -0.39 is 0 Å². The molecule has 4 nitrogen and oxygen atoms in total. The molecule has 21 heavy (non-hydrogen) atoms. The van der Waals surface area contributed by atoms with Crippen molar-refractivity contribution in [2.24, 2.45) is 0 Å². The van der Waals surface area contributed by atoms with E-state index in [1.807, 2.05) is 31.2 Å². The molecule has 2 N–H and O–H groups in total. The van der Waals surface area contributed by atoms with Gasteiger partial charge < -0.3 is 10.6 Å². The lowest BCUT2D eigenvalue weighted by Crippen LogP contribution is -2.17. The lowest BCUT2D eigenvalue weighted by Gasteiger charge is -2.08. The van der Waals surface area contributed by atoms with Crippen LogP contribution < -0.4 is 10.6 Å². The molecule has 0 bridgehead atoms. The molecular formula is C16H20IN3O. The number of carbonyl (C=O) groups excluding carboxylic acids is 1. The first-order valence-electron chi connectivity index (χ1n) is 6.99. The van der Waals surface area contributed by atoms with E-state index in [-0.39, 0.29) is 11.5 Å². The lowest BCUT2D eigenvalue weighted by atomic mass is 10.2. The summed E-state index contributed by atoms with van der Waals surface area (Å²) in [5.74, 6) is -0.384. The molecule has 0 aliphatic rings. The van der Waals surface area contributed by atoms with Crippen LogP contribution in [0.3, 0.4) is 0 Å². The minimum atomic E-state index is -0.384. The molecule has 0 heterocycles. The third-order valence-electron chi connectivity index (χ3n) is 2.97. The smallest absolute Gasteiger partial charge is 0.267 e. The maximum atomic E-state index is 12.1. The number of benzene rings is 1. The van der Waals surface area contributed by atoms with E-state index >= 15 is 0 Å². The largest absolute Gasteiger partial charge is 0.390 e. The molecular weight excluding hydrogens is 377 g/mol. The second-order valence-electron chi connectivity index (χ2n) is 4.74. The Morgan fingerprint density at radius 3 is 2.81 bits per heavy atom. The summed E-state index contributed by atoms with van der Waals surface area (Å²) < 4.78 is 1.11. The van der Waals surface area contributed by atoms with Crippen molar-refractivity contribution in [3.63, 3.8) is 0 Å². The molecule has 112 valence electrons. The van der Waals surface area contributed by atoms with Crippen LogP contribution in [0.1, 0.15) is 31.7 Å². The van der Waals surface area contributed by atoms with E-state index in [1.54, 1.807) is 0 Å². The average molecular weight is 397 g/mol. The SMILES string of the molecule is CCCCCN/C=C(/C#N)C(=O)Nc1ccc(I)cc1C. The van der Waals surface area contributed by atoms with E-state index in [0.29, 0.717) is 0 Å². The highest BCUT2D eigenvalue weighted by molar-refractivity contribution is 14.1. The summed E-state index contributed by atoms with van der Waals surface area (Å²) in [4.78, 5) is 12.1. The minimum absolute atomic E-state index is 0.0875. The molecule has 0 unspecified atom stereocenters. The zero-order valence-electron chi connectivity index (χ0n) is 12.4. The second-order valence-corrected chi connectivity index (χ2v) is 5.99. The third kappa shape index (κ3) is 6.17. The summed E-state index contributed by atoms with van der Waals surface area (Å²) in [6, 6.07) is 7.67. The quantitative estimate of drug-likeness (QED) is 0.319. The van der Waals surface area contributed by atoms with E-state index in [1.165, 1.54) is 6.20 Å². The number of rotatable bonds is 7. The fourth-order valence-corrected chi connectivity index (χ4v) is 2.40. The normalized spacial score (nSPS) is 10.9. The number of hydrogen-bond donors (Lipinski definition) is 2. The standard InChI is InChI=1S/C16H20IN3O/c1-3-4-5-8-19-11-13(10-18)16(21)20-15-7-6-14(17)9-12(15)2/h6-7,9,11,19H,3-5,8H2,1-2H3,(H,20,21)/b13-11-. The minimum Gasteiger partial charge on any atom is -0.390 e. The van der Waals surface area contributed by atoms with E-state index in [4.69, 9.17) is 5.26 Å². The van der Waals surface area contributed by atoms with Gasteiger partial charge in [0.05, 0.1) is 0 Å². The Hall–Kier alpha value is -1.55. The van der Waals surface area contributed by atoms with Gasteiger partial charge in [0.2, 0.25) is 0 Å². The predicted octanol–water partition coefficient (Wildman–Crippen LogP) is 3.73. The van der Waals surface area contributed by atoms with Crippen molar-refractivity contribution in [2.75, 3.05) is 11.9 Å². The maximum absolute atomic E-state index is 12.1. The van der Waals surface area contributed by atoms with Crippen LogP contribution in [0.15, 0.2) is 30.0 Å².